The van der Waals surface area contributed by atoms with Gasteiger partial charge in [-0.05, 0) is 12.2 Å². The molecule has 0 heterocycles. The van der Waals surface area contributed by atoms with Crippen molar-refractivity contribution in [3.63, 3.8) is 0 Å². The molecule has 0 saturated carbocycles. The van der Waals surface area contributed by atoms with E-state index in [1.54, 1.807) is 24.3 Å². The molecule has 0 unspecified atom stereocenters. The van der Waals surface area contributed by atoms with Crippen LogP contribution >= 0.6 is 0 Å². The molecule has 0 saturated heterocycles. The van der Waals surface area contributed by atoms with Gasteiger partial charge in [0, 0.05) is 11.1 Å². The third-order valence-corrected chi connectivity index (χ3v) is 2.49. The van der Waals surface area contributed by atoms with Gasteiger partial charge in [-0.2, -0.15) is 0 Å². The molecular weight excluding hydrogens is 276 g/mol. The van der Waals surface area contributed by atoms with Gasteiger partial charge in [-0.1, -0.05) is 73.8 Å². The van der Waals surface area contributed by atoms with Gasteiger partial charge in [0.15, 0.2) is 11.6 Å². The molecule has 0 aliphatic carbocycles. The first-order valence-electron chi connectivity index (χ1n) is 6.41. The molecule has 2 aromatic carbocycles. The molecule has 0 aliphatic heterocycles. The van der Waals surface area contributed by atoms with Gasteiger partial charge in [0.05, 0.1) is 0 Å². The summed E-state index contributed by atoms with van der Waals surface area (Å²) in [4.78, 5) is 29.8. The molecule has 3 nitrogen and oxygen atoms in total. The van der Waals surface area contributed by atoms with Crippen molar-refractivity contribution in [1.82, 2.24) is 0 Å². The average Bonchev–Trinajstić information content (AvgIpc) is 2.64. The second-order valence-electron chi connectivity index (χ2n) is 3.87. The van der Waals surface area contributed by atoms with Crippen LogP contribution in [0.5, 0.6) is 0 Å². The highest BCUT2D eigenvalue weighted by Crippen LogP contribution is 1.99. The quantitative estimate of drug-likeness (QED) is 0.634. The molecule has 2 aromatic rings. The molecule has 112 valence electrons. The smallest absolute Gasteiger partial charge is 0.185 e. The summed E-state index contributed by atoms with van der Waals surface area (Å²) in [7, 11) is 0. The second-order valence-corrected chi connectivity index (χ2v) is 3.87. The summed E-state index contributed by atoms with van der Waals surface area (Å²) in [6.07, 6.45) is 2.63. The Morgan fingerprint density at radius 2 is 0.909 bits per heavy atom. The number of hydrogen-bond donors (Lipinski definition) is 0. The third kappa shape index (κ3) is 6.91. The number of carbonyl (C=O) groups is 3. The number of benzene rings is 2. The molecular formula is C19H18O3. The van der Waals surface area contributed by atoms with E-state index in [1.807, 2.05) is 43.2 Å². The Kier molecular flexibility index (Phi) is 10.1. The fraction of sp³-hybridized carbons (Fsp3) is 0. The van der Waals surface area contributed by atoms with Crippen molar-refractivity contribution in [2.45, 2.75) is 0 Å². The molecule has 0 atom stereocenters. The Hall–Kier alpha value is -3.07. The van der Waals surface area contributed by atoms with E-state index in [-0.39, 0.29) is 11.6 Å². The fourth-order valence-electron chi connectivity index (χ4n) is 1.44. The standard InChI is InChI=1S/2C9H8O.CH2O/c2*1-2-9(10)8-6-4-3-5-7-8;1-2/h2*2-7H,1H2;1H2. The molecule has 22 heavy (non-hydrogen) atoms. The maximum absolute atomic E-state index is 10.9. The van der Waals surface area contributed by atoms with Gasteiger partial charge in [-0.3, -0.25) is 9.59 Å². The molecule has 2 rings (SSSR count). The first kappa shape index (κ1) is 18.9. The Labute approximate surface area is 130 Å². The SMILES string of the molecule is C=CC(=O)c1ccccc1.C=CC(=O)c1ccccc1.C=O. The average molecular weight is 294 g/mol. The van der Waals surface area contributed by atoms with E-state index in [1.165, 1.54) is 12.2 Å². The lowest BCUT2D eigenvalue weighted by molar-refractivity contribution is -0.0980. The van der Waals surface area contributed by atoms with Gasteiger partial charge >= 0.3 is 0 Å². The summed E-state index contributed by atoms with van der Waals surface area (Å²) < 4.78 is 0. The summed E-state index contributed by atoms with van der Waals surface area (Å²) >= 11 is 0. The number of hydrogen-bond acceptors (Lipinski definition) is 3. The summed E-state index contributed by atoms with van der Waals surface area (Å²) in [5.74, 6) is -0.0544. The van der Waals surface area contributed by atoms with E-state index < -0.39 is 0 Å². The van der Waals surface area contributed by atoms with Crippen LogP contribution in [0, 0.1) is 0 Å². The zero-order chi connectivity index (χ0) is 16.8. The van der Waals surface area contributed by atoms with Crippen molar-refractivity contribution in [2.75, 3.05) is 0 Å². The van der Waals surface area contributed by atoms with Crippen LogP contribution in [0.25, 0.3) is 0 Å². The Morgan fingerprint density at radius 1 is 0.636 bits per heavy atom. The molecule has 0 bridgehead atoms. The number of ketones is 2. The van der Waals surface area contributed by atoms with Crippen molar-refractivity contribution in [2.24, 2.45) is 0 Å². The molecule has 3 heteroatoms. The van der Waals surface area contributed by atoms with Crippen molar-refractivity contribution >= 4 is 18.4 Å². The van der Waals surface area contributed by atoms with Gasteiger partial charge in [-0.15, -0.1) is 0 Å². The van der Waals surface area contributed by atoms with Gasteiger partial charge in [0.25, 0.3) is 0 Å². The normalized spacial score (nSPS) is 8.18. The number of rotatable bonds is 4. The van der Waals surface area contributed by atoms with Gasteiger partial charge in [0.1, 0.15) is 6.79 Å². The first-order chi connectivity index (χ1) is 10.7. The molecule has 0 aliphatic rings. The van der Waals surface area contributed by atoms with Crippen LogP contribution < -0.4 is 0 Å². The van der Waals surface area contributed by atoms with E-state index in [9.17, 15) is 9.59 Å². The van der Waals surface area contributed by atoms with E-state index in [0.29, 0.717) is 11.1 Å². The maximum Gasteiger partial charge on any atom is 0.185 e. The van der Waals surface area contributed by atoms with Crippen LogP contribution in [0.2, 0.25) is 0 Å². The van der Waals surface area contributed by atoms with Crippen LogP contribution in [0.3, 0.4) is 0 Å². The lowest BCUT2D eigenvalue weighted by Crippen LogP contribution is -1.90. The van der Waals surface area contributed by atoms with Crippen molar-refractivity contribution in [1.29, 1.82) is 0 Å². The van der Waals surface area contributed by atoms with Gasteiger partial charge in [-0.25, -0.2) is 0 Å². The number of allylic oxidation sites excluding steroid dienone is 2. The fourth-order valence-corrected chi connectivity index (χ4v) is 1.44. The van der Waals surface area contributed by atoms with Crippen molar-refractivity contribution < 1.29 is 14.4 Å². The van der Waals surface area contributed by atoms with Crippen LogP contribution in [-0.4, -0.2) is 18.4 Å². The molecule has 0 N–H and O–H groups in total. The van der Waals surface area contributed by atoms with Crippen molar-refractivity contribution in [3.05, 3.63) is 97.1 Å². The third-order valence-electron chi connectivity index (χ3n) is 2.49. The van der Waals surface area contributed by atoms with Crippen molar-refractivity contribution in [3.8, 4) is 0 Å². The lowest BCUT2D eigenvalue weighted by Gasteiger charge is -1.90. The van der Waals surface area contributed by atoms with E-state index in [4.69, 9.17) is 4.79 Å². The number of carbonyl (C=O) groups excluding carboxylic acids is 3. The highest BCUT2D eigenvalue weighted by atomic mass is 16.1. The molecule has 0 amide bonds. The molecule has 0 spiro atoms. The minimum Gasteiger partial charge on any atom is -0.307 e. The lowest BCUT2D eigenvalue weighted by atomic mass is 10.1. The Morgan fingerprint density at radius 3 is 1.14 bits per heavy atom. The predicted molar refractivity (Wildman–Crippen MR) is 89.1 cm³/mol. The Balaban J connectivity index is 0.000000360. The topological polar surface area (TPSA) is 51.2 Å². The molecule has 0 radical (unpaired) electrons. The minimum atomic E-state index is -0.0272. The minimum absolute atomic E-state index is 0.0272. The maximum atomic E-state index is 10.9. The molecule has 0 aromatic heterocycles. The van der Waals surface area contributed by atoms with E-state index in [0.717, 1.165) is 0 Å². The summed E-state index contributed by atoms with van der Waals surface area (Å²) in [6, 6.07) is 18.1. The summed E-state index contributed by atoms with van der Waals surface area (Å²) in [6.45, 7) is 8.77. The second kappa shape index (κ2) is 11.7. The van der Waals surface area contributed by atoms with Gasteiger partial charge < -0.3 is 4.79 Å². The zero-order valence-corrected chi connectivity index (χ0v) is 12.3. The monoisotopic (exact) mass is 294 g/mol. The predicted octanol–water partition coefficient (Wildman–Crippen LogP) is 3.93. The summed E-state index contributed by atoms with van der Waals surface area (Å²) in [5, 5.41) is 0. The summed E-state index contributed by atoms with van der Waals surface area (Å²) in [5.41, 5.74) is 1.38. The largest absolute Gasteiger partial charge is 0.307 e. The molecule has 0 fully saturated rings. The van der Waals surface area contributed by atoms with Crippen LogP contribution in [0.1, 0.15) is 20.7 Å². The van der Waals surface area contributed by atoms with Crippen LogP contribution in [-0.2, 0) is 4.79 Å². The highest BCUT2D eigenvalue weighted by molar-refractivity contribution is 6.04. The first-order valence-corrected chi connectivity index (χ1v) is 6.41. The zero-order valence-electron chi connectivity index (χ0n) is 12.3. The Bertz CT molecular complexity index is 546. The van der Waals surface area contributed by atoms with E-state index in [2.05, 4.69) is 13.2 Å². The van der Waals surface area contributed by atoms with Crippen LogP contribution in [0.4, 0.5) is 0 Å². The van der Waals surface area contributed by atoms with Crippen LogP contribution in [0.15, 0.2) is 86.0 Å². The highest BCUT2D eigenvalue weighted by Gasteiger charge is 1.96. The van der Waals surface area contributed by atoms with Gasteiger partial charge in [0.2, 0.25) is 0 Å². The van der Waals surface area contributed by atoms with E-state index >= 15 is 0 Å².